The maximum absolute atomic E-state index is 12.8. The van der Waals surface area contributed by atoms with Crippen molar-refractivity contribution < 1.29 is 8.42 Å². The van der Waals surface area contributed by atoms with Gasteiger partial charge < -0.3 is 5.32 Å². The molecule has 2 atom stereocenters. The summed E-state index contributed by atoms with van der Waals surface area (Å²) >= 11 is 6.12. The first kappa shape index (κ1) is 16.5. The second-order valence-electron chi connectivity index (χ2n) is 5.36. The lowest BCUT2D eigenvalue weighted by atomic mass is 10.2. The van der Waals surface area contributed by atoms with Crippen molar-refractivity contribution in [2.75, 3.05) is 11.9 Å². The van der Waals surface area contributed by atoms with E-state index in [1.54, 1.807) is 4.31 Å². The van der Waals surface area contributed by atoms with E-state index in [1.165, 1.54) is 12.3 Å². The van der Waals surface area contributed by atoms with Gasteiger partial charge in [0.05, 0.1) is 5.02 Å². The van der Waals surface area contributed by atoms with Crippen molar-refractivity contribution in [1.82, 2.24) is 9.29 Å². The lowest BCUT2D eigenvalue weighted by molar-refractivity contribution is 0.328. The summed E-state index contributed by atoms with van der Waals surface area (Å²) in [6.45, 7) is 6.58. The number of aromatic nitrogens is 1. The van der Waals surface area contributed by atoms with E-state index in [0.29, 0.717) is 17.4 Å². The Morgan fingerprint density at radius 3 is 2.71 bits per heavy atom. The molecule has 2 unspecified atom stereocenters. The first-order valence-corrected chi connectivity index (χ1v) is 9.16. The number of anilines is 1. The van der Waals surface area contributed by atoms with E-state index in [0.717, 1.165) is 19.3 Å². The van der Waals surface area contributed by atoms with Gasteiger partial charge in [0.1, 0.15) is 10.7 Å². The van der Waals surface area contributed by atoms with Crippen molar-refractivity contribution in [1.29, 1.82) is 0 Å². The highest BCUT2D eigenvalue weighted by Gasteiger charge is 2.39. The van der Waals surface area contributed by atoms with Crippen molar-refractivity contribution in [3.05, 3.63) is 17.3 Å². The standard InChI is InChI=1S/C14H22ClN3O2S/c1-4-11-7-6-10(3)18(11)21(19,20)12-8-13(15)14(16-5-2)17-9-12/h8-11H,4-7H2,1-3H3,(H,16,17). The number of hydrogen-bond acceptors (Lipinski definition) is 4. The van der Waals surface area contributed by atoms with Gasteiger partial charge in [-0.25, -0.2) is 13.4 Å². The van der Waals surface area contributed by atoms with Gasteiger partial charge in [0.25, 0.3) is 0 Å². The summed E-state index contributed by atoms with van der Waals surface area (Å²) in [5, 5.41) is 3.33. The fourth-order valence-corrected chi connectivity index (χ4v) is 5.07. The fraction of sp³-hybridized carbons (Fsp3) is 0.643. The quantitative estimate of drug-likeness (QED) is 0.900. The minimum absolute atomic E-state index is 0.0205. The molecule has 7 heteroatoms. The van der Waals surface area contributed by atoms with E-state index in [-0.39, 0.29) is 17.0 Å². The molecule has 1 aliphatic heterocycles. The van der Waals surface area contributed by atoms with Gasteiger partial charge in [0.15, 0.2) is 0 Å². The van der Waals surface area contributed by atoms with Crippen LogP contribution in [0.5, 0.6) is 0 Å². The maximum atomic E-state index is 12.8. The van der Waals surface area contributed by atoms with Crippen LogP contribution < -0.4 is 5.32 Å². The van der Waals surface area contributed by atoms with Crippen LogP contribution in [0, 0.1) is 0 Å². The average molecular weight is 332 g/mol. The second kappa shape index (κ2) is 6.50. The Hall–Kier alpha value is -0.850. The zero-order valence-corrected chi connectivity index (χ0v) is 14.2. The number of nitrogens with zero attached hydrogens (tertiary/aromatic N) is 2. The molecule has 21 heavy (non-hydrogen) atoms. The SMILES string of the molecule is CCNc1ncc(S(=O)(=O)N2C(C)CCC2CC)cc1Cl. The summed E-state index contributed by atoms with van der Waals surface area (Å²) < 4.78 is 27.3. The first-order valence-electron chi connectivity index (χ1n) is 7.34. The molecule has 2 rings (SSSR count). The number of nitrogens with one attached hydrogen (secondary N) is 1. The molecule has 0 aliphatic carbocycles. The Morgan fingerprint density at radius 2 is 2.14 bits per heavy atom. The van der Waals surface area contributed by atoms with Crippen LogP contribution in [0.25, 0.3) is 0 Å². The molecule has 5 nitrogen and oxygen atoms in total. The van der Waals surface area contributed by atoms with Crippen molar-refractivity contribution in [2.24, 2.45) is 0 Å². The second-order valence-corrected chi connectivity index (χ2v) is 7.61. The molecule has 0 spiro atoms. The van der Waals surface area contributed by atoms with Crippen LogP contribution >= 0.6 is 11.6 Å². The maximum Gasteiger partial charge on any atom is 0.245 e. The molecule has 1 N–H and O–H groups in total. The molecular formula is C14H22ClN3O2S. The van der Waals surface area contributed by atoms with E-state index < -0.39 is 10.0 Å². The van der Waals surface area contributed by atoms with E-state index in [4.69, 9.17) is 11.6 Å². The fourth-order valence-electron chi connectivity index (χ4n) is 2.85. The molecule has 1 aromatic heterocycles. The van der Waals surface area contributed by atoms with E-state index in [1.807, 2.05) is 20.8 Å². The molecule has 0 saturated carbocycles. The van der Waals surface area contributed by atoms with Crippen LogP contribution in [-0.4, -0.2) is 36.3 Å². The highest BCUT2D eigenvalue weighted by Crippen LogP contribution is 2.33. The van der Waals surface area contributed by atoms with Crippen molar-refractivity contribution >= 4 is 27.4 Å². The highest BCUT2D eigenvalue weighted by molar-refractivity contribution is 7.89. The van der Waals surface area contributed by atoms with Gasteiger partial charge in [-0.2, -0.15) is 4.31 Å². The highest BCUT2D eigenvalue weighted by atomic mass is 35.5. The van der Waals surface area contributed by atoms with Crippen LogP contribution in [0.3, 0.4) is 0 Å². The Morgan fingerprint density at radius 1 is 1.43 bits per heavy atom. The van der Waals surface area contributed by atoms with Gasteiger partial charge in [0.2, 0.25) is 10.0 Å². The third-order valence-corrected chi connectivity index (χ3v) is 6.24. The molecule has 118 valence electrons. The Kier molecular flexibility index (Phi) is 5.11. The average Bonchev–Trinajstić information content (AvgIpc) is 2.83. The molecule has 1 aliphatic rings. The molecule has 0 amide bonds. The Labute approximate surface area is 131 Å². The zero-order chi connectivity index (χ0) is 15.6. The van der Waals surface area contributed by atoms with Crippen LogP contribution in [0.4, 0.5) is 5.82 Å². The monoisotopic (exact) mass is 331 g/mol. The third-order valence-electron chi connectivity index (χ3n) is 3.92. The smallest absolute Gasteiger partial charge is 0.245 e. The normalized spacial score (nSPS) is 23.4. The van der Waals surface area contributed by atoms with Gasteiger partial charge in [-0.3, -0.25) is 0 Å². The molecule has 0 radical (unpaired) electrons. The van der Waals surface area contributed by atoms with Gasteiger partial charge in [0, 0.05) is 24.8 Å². The lowest BCUT2D eigenvalue weighted by Gasteiger charge is -2.27. The van der Waals surface area contributed by atoms with Crippen molar-refractivity contribution in [3.63, 3.8) is 0 Å². The van der Waals surface area contributed by atoms with Crippen LogP contribution in [0.1, 0.15) is 40.0 Å². The summed E-state index contributed by atoms with van der Waals surface area (Å²) in [4.78, 5) is 4.30. The van der Waals surface area contributed by atoms with Gasteiger partial charge in [-0.1, -0.05) is 18.5 Å². The van der Waals surface area contributed by atoms with Crippen LogP contribution in [0.15, 0.2) is 17.2 Å². The van der Waals surface area contributed by atoms with Crippen LogP contribution in [0.2, 0.25) is 5.02 Å². The van der Waals surface area contributed by atoms with Crippen LogP contribution in [-0.2, 0) is 10.0 Å². The van der Waals surface area contributed by atoms with Gasteiger partial charge in [-0.05, 0) is 39.2 Å². The van der Waals surface area contributed by atoms with E-state index >= 15 is 0 Å². The molecule has 1 saturated heterocycles. The third kappa shape index (κ3) is 3.17. The summed E-state index contributed by atoms with van der Waals surface area (Å²) in [6, 6.07) is 1.57. The predicted molar refractivity (Wildman–Crippen MR) is 85.2 cm³/mol. The number of sulfonamides is 1. The summed E-state index contributed by atoms with van der Waals surface area (Å²) in [6.07, 6.45) is 4.01. The summed E-state index contributed by atoms with van der Waals surface area (Å²) in [5.74, 6) is 0.514. The first-order chi connectivity index (χ1) is 9.91. The lowest BCUT2D eigenvalue weighted by Crippen LogP contribution is -2.39. The molecule has 1 fully saturated rings. The number of rotatable bonds is 5. The van der Waals surface area contributed by atoms with Gasteiger partial charge >= 0.3 is 0 Å². The molecule has 1 aromatic rings. The minimum Gasteiger partial charge on any atom is -0.369 e. The predicted octanol–water partition coefficient (Wildman–Crippen LogP) is 3.12. The van der Waals surface area contributed by atoms with E-state index in [9.17, 15) is 8.42 Å². The zero-order valence-electron chi connectivity index (χ0n) is 12.6. The molecule has 0 aromatic carbocycles. The largest absolute Gasteiger partial charge is 0.369 e. The summed E-state index contributed by atoms with van der Waals surface area (Å²) in [7, 11) is -3.54. The number of halogens is 1. The Balaban J connectivity index is 2.37. The number of pyridine rings is 1. The summed E-state index contributed by atoms with van der Waals surface area (Å²) in [5.41, 5.74) is 0. The minimum atomic E-state index is -3.54. The molecule has 2 heterocycles. The Bertz CT molecular complexity index is 606. The van der Waals surface area contributed by atoms with E-state index in [2.05, 4.69) is 10.3 Å². The topological polar surface area (TPSA) is 62.3 Å². The number of hydrogen-bond donors (Lipinski definition) is 1. The van der Waals surface area contributed by atoms with Gasteiger partial charge in [-0.15, -0.1) is 0 Å². The van der Waals surface area contributed by atoms with Crippen molar-refractivity contribution in [2.45, 2.75) is 57.0 Å². The van der Waals surface area contributed by atoms with Crippen molar-refractivity contribution in [3.8, 4) is 0 Å². The molecular weight excluding hydrogens is 310 g/mol. The molecule has 0 bridgehead atoms.